The zero-order chi connectivity index (χ0) is 30.8. The van der Waals surface area contributed by atoms with E-state index in [0.717, 1.165) is 46.4 Å². The molecular formula is C34H30N8O2S. The van der Waals surface area contributed by atoms with Crippen molar-refractivity contribution in [3.05, 3.63) is 108 Å². The smallest absolute Gasteiger partial charge is 0.255 e. The average molecular weight is 615 g/mol. The molecule has 2 N–H and O–H groups in total. The van der Waals surface area contributed by atoms with E-state index in [0.29, 0.717) is 36.0 Å². The fourth-order valence-electron chi connectivity index (χ4n) is 5.44. The molecule has 224 valence electrons. The van der Waals surface area contributed by atoms with E-state index >= 15 is 0 Å². The minimum atomic E-state index is -0.177. The molecule has 11 heteroatoms. The van der Waals surface area contributed by atoms with E-state index in [2.05, 4.69) is 27.4 Å². The minimum Gasteiger partial charge on any atom is -0.324 e. The van der Waals surface area contributed by atoms with E-state index in [1.807, 2.05) is 93.7 Å². The number of aromatic nitrogens is 4. The van der Waals surface area contributed by atoms with Crippen molar-refractivity contribution in [3.63, 3.8) is 0 Å². The van der Waals surface area contributed by atoms with Gasteiger partial charge in [-0.15, -0.1) is 11.3 Å². The van der Waals surface area contributed by atoms with Gasteiger partial charge in [0.15, 0.2) is 4.96 Å². The summed E-state index contributed by atoms with van der Waals surface area (Å²) in [6.07, 6.45) is 3.69. The molecule has 1 aliphatic rings. The van der Waals surface area contributed by atoms with E-state index in [4.69, 9.17) is 9.97 Å². The summed E-state index contributed by atoms with van der Waals surface area (Å²) < 4.78 is 2.02. The van der Waals surface area contributed by atoms with Gasteiger partial charge in [0.2, 0.25) is 11.9 Å². The van der Waals surface area contributed by atoms with Crippen LogP contribution in [0.4, 0.5) is 23.0 Å². The molecule has 0 saturated carbocycles. The number of likely N-dealkylation sites (N-methyl/N-ethyl adjacent to an activating group) is 1. The Morgan fingerprint density at radius 3 is 2.58 bits per heavy atom. The zero-order valence-corrected chi connectivity index (χ0v) is 25.4. The van der Waals surface area contributed by atoms with Gasteiger partial charge in [-0.2, -0.15) is 0 Å². The van der Waals surface area contributed by atoms with E-state index in [1.54, 1.807) is 18.3 Å². The normalized spacial score (nSPS) is 13.7. The average Bonchev–Trinajstić information content (AvgIpc) is 3.68. The lowest BCUT2D eigenvalue weighted by Crippen LogP contribution is -2.50. The number of benzene rings is 3. The van der Waals surface area contributed by atoms with Crippen molar-refractivity contribution >= 4 is 51.1 Å². The number of rotatable bonds is 8. The van der Waals surface area contributed by atoms with Crippen LogP contribution in [0.3, 0.4) is 0 Å². The quantitative estimate of drug-likeness (QED) is 0.211. The Hall–Kier alpha value is -5.39. The van der Waals surface area contributed by atoms with Crippen LogP contribution in [0.5, 0.6) is 0 Å². The van der Waals surface area contributed by atoms with E-state index in [9.17, 15) is 9.59 Å². The first-order valence-electron chi connectivity index (χ1n) is 14.7. The van der Waals surface area contributed by atoms with Crippen molar-refractivity contribution in [2.24, 2.45) is 0 Å². The molecular weight excluding hydrogens is 584 g/mol. The molecule has 0 radical (unpaired) electrons. The van der Waals surface area contributed by atoms with Gasteiger partial charge in [0.25, 0.3) is 5.91 Å². The molecule has 0 atom stereocenters. The Kier molecular flexibility index (Phi) is 7.76. The van der Waals surface area contributed by atoms with Crippen LogP contribution in [0.2, 0.25) is 0 Å². The zero-order valence-electron chi connectivity index (χ0n) is 24.6. The molecule has 6 aromatic rings. The van der Waals surface area contributed by atoms with Gasteiger partial charge in [-0.25, -0.2) is 15.0 Å². The van der Waals surface area contributed by atoms with Gasteiger partial charge in [0.1, 0.15) is 5.69 Å². The second-order valence-corrected chi connectivity index (χ2v) is 11.5. The van der Waals surface area contributed by atoms with Crippen molar-refractivity contribution in [2.75, 3.05) is 41.7 Å². The number of amides is 2. The topological polar surface area (TPSA) is 108 Å². The Morgan fingerprint density at radius 2 is 1.78 bits per heavy atom. The second-order valence-electron chi connectivity index (χ2n) is 10.6. The number of carbonyl (C=O) groups is 2. The number of carbonyl (C=O) groups excluding carboxylic acids is 2. The molecule has 1 fully saturated rings. The summed E-state index contributed by atoms with van der Waals surface area (Å²) in [5.74, 6) is 0.372. The number of nitrogens with one attached hydrogen (secondary N) is 2. The largest absolute Gasteiger partial charge is 0.324 e. The van der Waals surface area contributed by atoms with Crippen LogP contribution in [0.25, 0.3) is 27.6 Å². The van der Waals surface area contributed by atoms with Crippen LogP contribution in [-0.4, -0.2) is 62.2 Å². The molecule has 3 aromatic carbocycles. The number of anilines is 4. The molecule has 10 nitrogen and oxygen atoms in total. The van der Waals surface area contributed by atoms with Crippen LogP contribution in [0, 0.1) is 0 Å². The molecule has 4 heterocycles. The maximum absolute atomic E-state index is 12.8. The summed E-state index contributed by atoms with van der Waals surface area (Å²) in [6.45, 7) is 4.93. The van der Waals surface area contributed by atoms with Gasteiger partial charge >= 0.3 is 0 Å². The standard InChI is InChI=1S/C34H30N8O2S/c1-2-40-17-18-41(29(43)22-40)27-13-11-25(12-14-27)37-33-35-16-15-28(38-33)31-30(39-34-42(31)19-20-45-34)24-9-6-10-26(21-24)36-32(44)23-7-4-3-5-8-23/h3-16,19-21H,2,17-18,22H2,1H3,(H,36,44)(H,35,37,38). The summed E-state index contributed by atoms with van der Waals surface area (Å²) in [5.41, 5.74) is 6.07. The van der Waals surface area contributed by atoms with Crippen molar-refractivity contribution in [1.29, 1.82) is 0 Å². The van der Waals surface area contributed by atoms with Crippen LogP contribution < -0.4 is 15.5 Å². The Morgan fingerprint density at radius 1 is 0.933 bits per heavy atom. The number of thiazole rings is 1. The van der Waals surface area contributed by atoms with Crippen molar-refractivity contribution in [2.45, 2.75) is 6.92 Å². The minimum absolute atomic E-state index is 0.111. The summed E-state index contributed by atoms with van der Waals surface area (Å²) >= 11 is 1.54. The first kappa shape index (κ1) is 28.4. The van der Waals surface area contributed by atoms with Crippen molar-refractivity contribution < 1.29 is 9.59 Å². The first-order chi connectivity index (χ1) is 22.1. The molecule has 0 bridgehead atoms. The first-order valence-corrected chi connectivity index (χ1v) is 15.6. The number of hydrogen-bond donors (Lipinski definition) is 2. The van der Waals surface area contributed by atoms with Gasteiger partial charge in [0.05, 0.1) is 17.9 Å². The molecule has 1 aliphatic heterocycles. The molecule has 0 spiro atoms. The SMILES string of the molecule is CCN1CCN(c2ccc(Nc3nccc(-c4c(-c5cccc(NC(=O)c6ccccc6)c5)nc5sccn45)n3)cc2)C(=O)C1. The third kappa shape index (κ3) is 5.91. The van der Waals surface area contributed by atoms with Crippen molar-refractivity contribution in [3.8, 4) is 22.6 Å². The van der Waals surface area contributed by atoms with Crippen molar-refractivity contribution in [1.82, 2.24) is 24.3 Å². The highest BCUT2D eigenvalue weighted by Gasteiger charge is 2.24. The number of nitrogens with zero attached hydrogens (tertiary/aromatic N) is 6. The molecule has 3 aromatic heterocycles. The van der Waals surface area contributed by atoms with Crippen LogP contribution in [0.1, 0.15) is 17.3 Å². The fourth-order valence-corrected chi connectivity index (χ4v) is 6.15. The van der Waals surface area contributed by atoms with Gasteiger partial charge in [0, 0.05) is 59.1 Å². The third-order valence-electron chi connectivity index (χ3n) is 7.77. The highest BCUT2D eigenvalue weighted by molar-refractivity contribution is 7.15. The summed E-state index contributed by atoms with van der Waals surface area (Å²) in [7, 11) is 0. The predicted octanol–water partition coefficient (Wildman–Crippen LogP) is 6.18. The van der Waals surface area contributed by atoms with Gasteiger partial charge in [-0.3, -0.25) is 18.9 Å². The predicted molar refractivity (Wildman–Crippen MR) is 178 cm³/mol. The number of hydrogen-bond acceptors (Lipinski definition) is 8. The third-order valence-corrected chi connectivity index (χ3v) is 8.53. The summed E-state index contributed by atoms with van der Waals surface area (Å²) in [4.78, 5) is 44.5. The second kappa shape index (κ2) is 12.3. The lowest BCUT2D eigenvalue weighted by molar-refractivity contribution is -0.121. The summed E-state index contributed by atoms with van der Waals surface area (Å²) in [5, 5.41) is 8.28. The summed E-state index contributed by atoms with van der Waals surface area (Å²) in [6, 6.07) is 26.4. The fraction of sp³-hybridized carbons (Fsp3) is 0.147. The molecule has 1 saturated heterocycles. The van der Waals surface area contributed by atoms with Crippen LogP contribution in [0.15, 0.2) is 103 Å². The number of imidazole rings is 1. The number of fused-ring (bicyclic) bond motifs is 1. The van der Waals surface area contributed by atoms with E-state index in [1.165, 1.54) is 11.3 Å². The highest BCUT2D eigenvalue weighted by atomic mass is 32.1. The molecule has 45 heavy (non-hydrogen) atoms. The van der Waals surface area contributed by atoms with E-state index < -0.39 is 0 Å². The van der Waals surface area contributed by atoms with Gasteiger partial charge < -0.3 is 15.5 Å². The number of piperazine rings is 1. The maximum Gasteiger partial charge on any atom is 0.255 e. The molecule has 0 unspecified atom stereocenters. The Balaban J connectivity index is 1.14. The van der Waals surface area contributed by atoms with Gasteiger partial charge in [-0.05, 0) is 61.1 Å². The monoisotopic (exact) mass is 614 g/mol. The Bertz CT molecular complexity index is 1990. The van der Waals surface area contributed by atoms with Crippen LogP contribution >= 0.6 is 11.3 Å². The van der Waals surface area contributed by atoms with E-state index in [-0.39, 0.29) is 11.8 Å². The highest BCUT2D eigenvalue weighted by Crippen LogP contribution is 2.35. The molecule has 7 rings (SSSR count). The lowest BCUT2D eigenvalue weighted by atomic mass is 10.1. The van der Waals surface area contributed by atoms with Crippen LogP contribution in [-0.2, 0) is 4.79 Å². The lowest BCUT2D eigenvalue weighted by Gasteiger charge is -2.33. The Labute approximate surface area is 264 Å². The van der Waals surface area contributed by atoms with Gasteiger partial charge in [-0.1, -0.05) is 37.3 Å². The maximum atomic E-state index is 12.8. The molecule has 0 aliphatic carbocycles. The molecule has 2 amide bonds.